The maximum absolute atomic E-state index is 14.1. The third-order valence-corrected chi connectivity index (χ3v) is 3.65. The number of amides is 1. The molecule has 0 unspecified atom stereocenters. The summed E-state index contributed by atoms with van der Waals surface area (Å²) in [5.41, 5.74) is 5.00. The van der Waals surface area contributed by atoms with Crippen molar-refractivity contribution in [3.05, 3.63) is 30.1 Å². The number of halogens is 2. The van der Waals surface area contributed by atoms with E-state index in [-0.39, 0.29) is 5.56 Å². The summed E-state index contributed by atoms with van der Waals surface area (Å²) in [6.45, 7) is -0.937. The van der Waals surface area contributed by atoms with Crippen molar-refractivity contribution < 1.29 is 46.9 Å². The number of carbonyl (C=O) groups is 1. The molecule has 1 aliphatic rings. The Hall–Kier alpha value is -1.49. The number of hydrogen-bond donors (Lipinski definition) is 4. The molecule has 3 atom stereocenters. The standard InChI is InChI=1S/C11H13F2N2O7P/c12-11(13)8(16)7(5-21-23(18,19)20)22-10(11)15-3-1-2-6(4-15)9(14)17/h1-4,7-8,10,16H,5H2,(H3-,14,17,18,19,20)/p+1/t7-,8-,10-/m1/s1. The minimum absolute atomic E-state index is 0.0590. The molecule has 5 N–H and O–H groups in total. The van der Waals surface area contributed by atoms with Gasteiger partial charge in [-0.25, -0.2) is 4.57 Å². The van der Waals surface area contributed by atoms with Crippen molar-refractivity contribution in [1.82, 2.24) is 0 Å². The van der Waals surface area contributed by atoms with E-state index in [4.69, 9.17) is 20.3 Å². The number of alkyl halides is 2. The Balaban J connectivity index is 2.24. The Bertz CT molecular complexity index is 653. The first-order valence-electron chi connectivity index (χ1n) is 6.24. The summed E-state index contributed by atoms with van der Waals surface area (Å²) in [6, 6.07) is 2.59. The minimum Gasteiger partial charge on any atom is -0.384 e. The Morgan fingerprint density at radius 1 is 1.52 bits per heavy atom. The van der Waals surface area contributed by atoms with E-state index in [1.54, 1.807) is 0 Å². The van der Waals surface area contributed by atoms with Gasteiger partial charge in [0.05, 0.1) is 6.61 Å². The van der Waals surface area contributed by atoms with Crippen molar-refractivity contribution in [3.8, 4) is 0 Å². The number of rotatable bonds is 5. The van der Waals surface area contributed by atoms with Crippen molar-refractivity contribution in [2.45, 2.75) is 24.4 Å². The molecule has 0 aromatic carbocycles. The SMILES string of the molecule is NC(=O)c1ccc[n+]([C@@H]2O[C@H](COP(=O)(O)O)[C@@H](O)C2(F)F)c1. The number of pyridine rings is 1. The van der Waals surface area contributed by atoms with Crippen molar-refractivity contribution in [2.75, 3.05) is 6.61 Å². The summed E-state index contributed by atoms with van der Waals surface area (Å²) in [6.07, 6.45) is -3.85. The number of ether oxygens (including phenoxy) is 1. The Morgan fingerprint density at radius 2 is 2.17 bits per heavy atom. The zero-order chi connectivity index (χ0) is 17.4. The van der Waals surface area contributed by atoms with E-state index in [1.807, 2.05) is 0 Å². The van der Waals surface area contributed by atoms with Crippen LogP contribution < -0.4 is 10.3 Å². The van der Waals surface area contributed by atoms with Crippen LogP contribution in [0.5, 0.6) is 0 Å². The second kappa shape index (κ2) is 6.19. The largest absolute Gasteiger partial charge is 0.469 e. The second-order valence-electron chi connectivity index (χ2n) is 4.84. The lowest BCUT2D eigenvalue weighted by molar-refractivity contribution is -0.775. The molecule has 0 bridgehead atoms. The van der Waals surface area contributed by atoms with Crippen LogP contribution in [0.3, 0.4) is 0 Å². The molecule has 9 nitrogen and oxygen atoms in total. The second-order valence-corrected chi connectivity index (χ2v) is 6.08. The maximum Gasteiger partial charge on any atom is 0.469 e. The molecule has 1 fully saturated rings. The maximum atomic E-state index is 14.1. The van der Waals surface area contributed by atoms with Crippen LogP contribution in [-0.4, -0.2) is 45.5 Å². The molecular weight excluding hydrogens is 341 g/mol. The summed E-state index contributed by atoms with van der Waals surface area (Å²) >= 11 is 0. The first-order chi connectivity index (χ1) is 10.5. The predicted molar refractivity (Wildman–Crippen MR) is 68.0 cm³/mol. The third kappa shape index (κ3) is 3.89. The molecule has 1 aromatic heterocycles. The van der Waals surface area contributed by atoms with Crippen molar-refractivity contribution in [3.63, 3.8) is 0 Å². The van der Waals surface area contributed by atoms with Crippen LogP contribution in [0.4, 0.5) is 8.78 Å². The average Bonchev–Trinajstić information content (AvgIpc) is 2.67. The Labute approximate surface area is 128 Å². The molecule has 1 saturated heterocycles. The van der Waals surface area contributed by atoms with E-state index in [0.717, 1.165) is 10.8 Å². The van der Waals surface area contributed by atoms with Crippen molar-refractivity contribution in [2.24, 2.45) is 5.73 Å². The van der Waals surface area contributed by atoms with E-state index < -0.39 is 44.7 Å². The van der Waals surface area contributed by atoms with E-state index in [2.05, 4.69) is 4.52 Å². The molecule has 1 aromatic rings. The van der Waals surface area contributed by atoms with Gasteiger partial charge in [0.2, 0.25) is 0 Å². The van der Waals surface area contributed by atoms with Gasteiger partial charge in [-0.3, -0.25) is 9.32 Å². The lowest BCUT2D eigenvalue weighted by atomic mass is 10.1. The quantitative estimate of drug-likeness (QED) is 0.395. The zero-order valence-electron chi connectivity index (χ0n) is 11.5. The topological polar surface area (TPSA) is 143 Å². The monoisotopic (exact) mass is 355 g/mol. The summed E-state index contributed by atoms with van der Waals surface area (Å²) in [5.74, 6) is -4.63. The zero-order valence-corrected chi connectivity index (χ0v) is 12.3. The van der Waals surface area contributed by atoms with Gasteiger partial charge in [-0.05, 0) is 6.07 Å². The first kappa shape index (κ1) is 17.9. The van der Waals surface area contributed by atoms with Crippen molar-refractivity contribution in [1.29, 1.82) is 0 Å². The molecule has 0 aliphatic carbocycles. The molecule has 2 heterocycles. The summed E-state index contributed by atoms with van der Waals surface area (Å²) in [4.78, 5) is 28.3. The van der Waals surface area contributed by atoms with Gasteiger partial charge >= 0.3 is 20.0 Å². The fourth-order valence-corrected chi connectivity index (χ4v) is 2.42. The van der Waals surface area contributed by atoms with Crippen LogP contribution >= 0.6 is 7.82 Å². The summed E-state index contributed by atoms with van der Waals surface area (Å²) < 4.78 is 48.7. The van der Waals surface area contributed by atoms with Gasteiger partial charge in [-0.15, -0.1) is 0 Å². The molecule has 2 rings (SSSR count). The molecule has 12 heteroatoms. The van der Waals surface area contributed by atoms with Gasteiger partial charge < -0.3 is 25.4 Å². The average molecular weight is 355 g/mol. The smallest absolute Gasteiger partial charge is 0.384 e. The summed E-state index contributed by atoms with van der Waals surface area (Å²) in [5, 5.41) is 9.61. The molecular formula is C11H14F2N2O7P+. The highest BCUT2D eigenvalue weighted by atomic mass is 31.2. The molecule has 0 spiro atoms. The molecule has 1 aliphatic heterocycles. The Morgan fingerprint density at radius 3 is 2.74 bits per heavy atom. The number of phosphoric acid groups is 1. The fourth-order valence-electron chi connectivity index (χ4n) is 2.08. The number of carbonyl (C=O) groups excluding carboxylic acids is 1. The number of aliphatic hydroxyl groups excluding tert-OH is 1. The van der Waals surface area contributed by atoms with Crippen LogP contribution in [0.15, 0.2) is 24.5 Å². The predicted octanol–water partition coefficient (Wildman–Crippen LogP) is -0.924. The molecule has 128 valence electrons. The highest BCUT2D eigenvalue weighted by Gasteiger charge is 2.64. The molecule has 1 amide bonds. The lowest BCUT2D eigenvalue weighted by Gasteiger charge is -2.16. The van der Waals surface area contributed by atoms with Crippen LogP contribution in [0, 0.1) is 0 Å². The highest BCUT2D eigenvalue weighted by molar-refractivity contribution is 7.46. The first-order valence-corrected chi connectivity index (χ1v) is 7.77. The van der Waals surface area contributed by atoms with E-state index in [0.29, 0.717) is 0 Å². The fraction of sp³-hybridized carbons (Fsp3) is 0.455. The van der Waals surface area contributed by atoms with Gasteiger partial charge in [0.1, 0.15) is 11.7 Å². The summed E-state index contributed by atoms with van der Waals surface area (Å²) in [7, 11) is -4.90. The van der Waals surface area contributed by atoms with E-state index in [9.17, 15) is 23.2 Å². The van der Waals surface area contributed by atoms with Crippen molar-refractivity contribution >= 4 is 13.7 Å². The van der Waals surface area contributed by atoms with E-state index in [1.165, 1.54) is 18.3 Å². The van der Waals surface area contributed by atoms with E-state index >= 15 is 0 Å². The minimum atomic E-state index is -4.90. The molecule has 23 heavy (non-hydrogen) atoms. The van der Waals surface area contributed by atoms with Gasteiger partial charge in [-0.2, -0.15) is 13.3 Å². The number of aromatic nitrogens is 1. The van der Waals surface area contributed by atoms with Gasteiger partial charge in [0.15, 0.2) is 18.5 Å². The third-order valence-electron chi connectivity index (χ3n) is 3.16. The normalized spacial score (nSPS) is 27.1. The number of nitrogens with zero attached hydrogens (tertiary/aromatic N) is 1. The number of primary amides is 1. The molecule has 0 saturated carbocycles. The van der Waals surface area contributed by atoms with Crippen LogP contribution in [0.2, 0.25) is 0 Å². The van der Waals surface area contributed by atoms with Gasteiger partial charge in [-0.1, -0.05) is 0 Å². The van der Waals surface area contributed by atoms with Gasteiger partial charge in [0.25, 0.3) is 5.91 Å². The number of nitrogens with two attached hydrogens (primary N) is 1. The highest BCUT2D eigenvalue weighted by Crippen LogP contribution is 2.42. The number of phosphoric ester groups is 1. The van der Waals surface area contributed by atoms with Gasteiger partial charge in [0, 0.05) is 6.07 Å². The number of hydrogen-bond acceptors (Lipinski definition) is 5. The van der Waals surface area contributed by atoms with Crippen LogP contribution in [0.25, 0.3) is 0 Å². The number of aliphatic hydroxyl groups is 1. The Kier molecular flexibility index (Phi) is 4.81. The van der Waals surface area contributed by atoms with Crippen LogP contribution in [0.1, 0.15) is 16.6 Å². The lowest BCUT2D eigenvalue weighted by Crippen LogP contribution is -2.50. The molecule has 0 radical (unpaired) electrons. The van der Waals surface area contributed by atoms with Crippen LogP contribution in [-0.2, 0) is 13.8 Å².